The fourth-order valence-electron chi connectivity index (χ4n) is 3.35. The molecule has 1 aliphatic heterocycles. The second-order valence-corrected chi connectivity index (χ2v) is 6.22. The molecule has 1 fully saturated rings. The summed E-state index contributed by atoms with van der Waals surface area (Å²) in [7, 11) is 0. The summed E-state index contributed by atoms with van der Waals surface area (Å²) in [5, 5.41) is 4.35. The molecular formula is C18H25N3O. The summed E-state index contributed by atoms with van der Waals surface area (Å²) in [5.74, 6) is 0.138. The summed E-state index contributed by atoms with van der Waals surface area (Å²) in [6.45, 7) is 5.60. The first-order valence-corrected chi connectivity index (χ1v) is 8.33. The van der Waals surface area contributed by atoms with Crippen molar-refractivity contribution in [2.45, 2.75) is 38.6 Å². The zero-order chi connectivity index (χ0) is 15.4. The number of rotatable bonds is 5. The van der Waals surface area contributed by atoms with Crippen molar-refractivity contribution in [1.82, 2.24) is 15.2 Å². The van der Waals surface area contributed by atoms with Crippen LogP contribution < -0.4 is 5.32 Å². The van der Waals surface area contributed by atoms with Gasteiger partial charge in [0.15, 0.2) is 0 Å². The van der Waals surface area contributed by atoms with E-state index in [0.29, 0.717) is 12.5 Å². The van der Waals surface area contributed by atoms with E-state index in [1.54, 1.807) is 0 Å². The van der Waals surface area contributed by atoms with Crippen LogP contribution in [-0.4, -0.2) is 41.5 Å². The molecule has 0 radical (unpaired) electrons. The highest BCUT2D eigenvalue weighted by Gasteiger charge is 2.20. The number of nitrogens with zero attached hydrogens (tertiary/aromatic N) is 1. The van der Waals surface area contributed by atoms with Crippen molar-refractivity contribution >= 4 is 16.8 Å². The number of fused-ring (bicyclic) bond motifs is 1. The predicted molar refractivity (Wildman–Crippen MR) is 89.9 cm³/mol. The average molecular weight is 299 g/mol. The number of para-hydroxylation sites is 1. The molecule has 22 heavy (non-hydrogen) atoms. The van der Waals surface area contributed by atoms with Crippen LogP contribution in [0, 0.1) is 0 Å². The van der Waals surface area contributed by atoms with Crippen LogP contribution in [0.5, 0.6) is 0 Å². The number of hydrogen-bond donors (Lipinski definition) is 2. The minimum atomic E-state index is 0.138. The SMILES string of the molecule is CCCN1CCC(NC(=O)Cc2c[nH]c3ccccc23)CC1. The van der Waals surface area contributed by atoms with Gasteiger partial charge in [0.05, 0.1) is 6.42 Å². The van der Waals surface area contributed by atoms with E-state index in [0.717, 1.165) is 42.4 Å². The monoisotopic (exact) mass is 299 g/mol. The van der Waals surface area contributed by atoms with Gasteiger partial charge in [-0.1, -0.05) is 25.1 Å². The van der Waals surface area contributed by atoms with Crippen LogP contribution in [0.15, 0.2) is 30.5 Å². The Hall–Kier alpha value is -1.81. The molecule has 2 aromatic rings. The van der Waals surface area contributed by atoms with Crippen molar-refractivity contribution in [2.24, 2.45) is 0 Å². The van der Waals surface area contributed by atoms with Gasteiger partial charge in [-0.2, -0.15) is 0 Å². The Kier molecular flexibility index (Phi) is 4.78. The molecule has 0 atom stereocenters. The minimum Gasteiger partial charge on any atom is -0.361 e. The van der Waals surface area contributed by atoms with E-state index in [9.17, 15) is 4.79 Å². The number of likely N-dealkylation sites (tertiary alicyclic amines) is 1. The second-order valence-electron chi connectivity index (χ2n) is 6.22. The molecule has 2 N–H and O–H groups in total. The number of piperidine rings is 1. The molecule has 1 amide bonds. The maximum atomic E-state index is 12.3. The molecule has 0 saturated carbocycles. The molecular weight excluding hydrogens is 274 g/mol. The fourth-order valence-corrected chi connectivity index (χ4v) is 3.35. The number of carbonyl (C=O) groups excluding carboxylic acids is 1. The van der Waals surface area contributed by atoms with Gasteiger partial charge in [0.1, 0.15) is 0 Å². The quantitative estimate of drug-likeness (QED) is 0.892. The Morgan fingerprint density at radius 1 is 1.32 bits per heavy atom. The van der Waals surface area contributed by atoms with Gasteiger partial charge in [0.25, 0.3) is 0 Å². The number of aromatic amines is 1. The molecule has 0 bridgehead atoms. The molecule has 1 aromatic carbocycles. The molecule has 2 heterocycles. The standard InChI is InChI=1S/C18H25N3O/c1-2-9-21-10-7-15(8-11-21)20-18(22)12-14-13-19-17-6-4-3-5-16(14)17/h3-6,13,15,19H,2,7-12H2,1H3,(H,20,22). The van der Waals surface area contributed by atoms with Gasteiger partial charge in [-0.15, -0.1) is 0 Å². The van der Waals surface area contributed by atoms with Crippen LogP contribution in [0.25, 0.3) is 10.9 Å². The van der Waals surface area contributed by atoms with Gasteiger partial charge in [-0.3, -0.25) is 4.79 Å². The second kappa shape index (κ2) is 6.97. The molecule has 3 rings (SSSR count). The number of benzene rings is 1. The van der Waals surface area contributed by atoms with Crippen molar-refractivity contribution in [3.63, 3.8) is 0 Å². The van der Waals surface area contributed by atoms with Crippen LogP contribution in [0.4, 0.5) is 0 Å². The first kappa shape index (κ1) is 15.1. The normalized spacial score (nSPS) is 17.0. The lowest BCUT2D eigenvalue weighted by molar-refractivity contribution is -0.121. The lowest BCUT2D eigenvalue weighted by Crippen LogP contribution is -2.45. The van der Waals surface area contributed by atoms with Gasteiger partial charge in [0, 0.05) is 36.2 Å². The van der Waals surface area contributed by atoms with Crippen LogP contribution in [0.1, 0.15) is 31.7 Å². The van der Waals surface area contributed by atoms with Crippen molar-refractivity contribution in [3.05, 3.63) is 36.0 Å². The van der Waals surface area contributed by atoms with Gasteiger partial charge in [-0.25, -0.2) is 0 Å². The predicted octanol–water partition coefficient (Wildman–Crippen LogP) is 2.70. The smallest absolute Gasteiger partial charge is 0.224 e. The molecule has 4 nitrogen and oxygen atoms in total. The minimum absolute atomic E-state index is 0.138. The van der Waals surface area contributed by atoms with Crippen LogP contribution >= 0.6 is 0 Å². The van der Waals surface area contributed by atoms with E-state index in [4.69, 9.17) is 0 Å². The largest absolute Gasteiger partial charge is 0.361 e. The maximum Gasteiger partial charge on any atom is 0.224 e. The van der Waals surface area contributed by atoms with Crippen molar-refractivity contribution in [2.75, 3.05) is 19.6 Å². The van der Waals surface area contributed by atoms with Crippen LogP contribution in [0.2, 0.25) is 0 Å². The zero-order valence-electron chi connectivity index (χ0n) is 13.3. The summed E-state index contributed by atoms with van der Waals surface area (Å²) >= 11 is 0. The summed E-state index contributed by atoms with van der Waals surface area (Å²) in [5.41, 5.74) is 2.18. The number of nitrogens with one attached hydrogen (secondary N) is 2. The third-order valence-electron chi connectivity index (χ3n) is 4.52. The maximum absolute atomic E-state index is 12.3. The Bertz CT molecular complexity index is 626. The summed E-state index contributed by atoms with van der Waals surface area (Å²) in [4.78, 5) is 18.0. The van der Waals surface area contributed by atoms with Gasteiger partial charge in [-0.05, 0) is 37.4 Å². The molecule has 1 saturated heterocycles. The van der Waals surface area contributed by atoms with E-state index in [-0.39, 0.29) is 5.91 Å². The summed E-state index contributed by atoms with van der Waals surface area (Å²) in [6.07, 6.45) is 5.75. The molecule has 1 aliphatic rings. The fraction of sp³-hybridized carbons (Fsp3) is 0.500. The van der Waals surface area contributed by atoms with Crippen molar-refractivity contribution in [3.8, 4) is 0 Å². The van der Waals surface area contributed by atoms with Crippen molar-refractivity contribution in [1.29, 1.82) is 0 Å². The van der Waals surface area contributed by atoms with E-state index in [1.165, 1.54) is 13.0 Å². The molecule has 1 aromatic heterocycles. The zero-order valence-corrected chi connectivity index (χ0v) is 13.3. The highest BCUT2D eigenvalue weighted by atomic mass is 16.1. The lowest BCUT2D eigenvalue weighted by Gasteiger charge is -2.32. The van der Waals surface area contributed by atoms with E-state index in [1.807, 2.05) is 24.4 Å². The highest BCUT2D eigenvalue weighted by Crippen LogP contribution is 2.18. The Morgan fingerprint density at radius 3 is 2.86 bits per heavy atom. The number of carbonyl (C=O) groups is 1. The average Bonchev–Trinajstić information content (AvgIpc) is 2.93. The molecule has 118 valence electrons. The number of H-pyrrole nitrogens is 1. The van der Waals surface area contributed by atoms with E-state index >= 15 is 0 Å². The molecule has 0 aliphatic carbocycles. The molecule has 0 unspecified atom stereocenters. The first-order valence-electron chi connectivity index (χ1n) is 8.33. The summed E-state index contributed by atoms with van der Waals surface area (Å²) in [6, 6.07) is 8.47. The van der Waals surface area contributed by atoms with E-state index < -0.39 is 0 Å². The van der Waals surface area contributed by atoms with Crippen molar-refractivity contribution < 1.29 is 4.79 Å². The summed E-state index contributed by atoms with van der Waals surface area (Å²) < 4.78 is 0. The van der Waals surface area contributed by atoms with Crippen LogP contribution in [0.3, 0.4) is 0 Å². The number of aromatic nitrogens is 1. The van der Waals surface area contributed by atoms with Gasteiger partial charge in [0.2, 0.25) is 5.91 Å². The van der Waals surface area contributed by atoms with Crippen LogP contribution in [-0.2, 0) is 11.2 Å². The third-order valence-corrected chi connectivity index (χ3v) is 4.52. The Labute approximate surface area is 131 Å². The first-order chi connectivity index (χ1) is 10.8. The molecule has 0 spiro atoms. The highest BCUT2D eigenvalue weighted by molar-refractivity contribution is 5.88. The lowest BCUT2D eigenvalue weighted by atomic mass is 10.0. The van der Waals surface area contributed by atoms with Gasteiger partial charge >= 0.3 is 0 Å². The van der Waals surface area contributed by atoms with Gasteiger partial charge < -0.3 is 15.2 Å². The van der Waals surface area contributed by atoms with E-state index in [2.05, 4.69) is 28.2 Å². The molecule has 4 heteroatoms. The topological polar surface area (TPSA) is 48.1 Å². The number of hydrogen-bond acceptors (Lipinski definition) is 2. The number of amides is 1. The third kappa shape index (κ3) is 3.50. The Morgan fingerprint density at radius 2 is 2.09 bits per heavy atom. The Balaban J connectivity index is 1.53.